The molecule has 1 aliphatic rings. The number of amides is 1. The molecule has 6 nitrogen and oxygen atoms in total. The summed E-state index contributed by atoms with van der Waals surface area (Å²) in [6, 6.07) is 7.91. The van der Waals surface area contributed by atoms with Crippen LogP contribution in [0.5, 0.6) is 0 Å². The lowest BCUT2D eigenvalue weighted by molar-refractivity contribution is -0.112. The number of nitrogens with one attached hydrogen (secondary N) is 2. The molecule has 146 valence electrons. The standard InChI is InChI=1S/C21H25N5OS/c1-13(2)16-7-5-6-14(3)19(16)25-20(27)15(10-22)11-23-21-24-17-8-9-26(4)12-18(17)28-21/h5-7,11,13H,8-9,12H2,1-4H3,(H,23,24)(H,25,27)/b15-11-. The van der Waals surface area contributed by atoms with Gasteiger partial charge in [-0.1, -0.05) is 32.0 Å². The molecular formula is C21H25N5OS. The zero-order valence-electron chi connectivity index (χ0n) is 16.7. The van der Waals surface area contributed by atoms with E-state index in [1.807, 2.05) is 31.2 Å². The minimum atomic E-state index is -0.424. The number of para-hydroxylation sites is 1. The minimum Gasteiger partial charge on any atom is -0.337 e. The van der Waals surface area contributed by atoms with E-state index in [-0.39, 0.29) is 11.5 Å². The van der Waals surface area contributed by atoms with Gasteiger partial charge < -0.3 is 15.5 Å². The highest BCUT2D eigenvalue weighted by atomic mass is 32.1. The Bertz CT molecular complexity index is 954. The molecule has 7 heteroatoms. The van der Waals surface area contributed by atoms with Gasteiger partial charge in [0.15, 0.2) is 5.13 Å². The van der Waals surface area contributed by atoms with Gasteiger partial charge >= 0.3 is 0 Å². The van der Waals surface area contributed by atoms with E-state index in [1.165, 1.54) is 11.1 Å². The number of thiazole rings is 1. The number of aryl methyl sites for hydroxylation is 1. The van der Waals surface area contributed by atoms with E-state index >= 15 is 0 Å². The molecule has 1 amide bonds. The van der Waals surface area contributed by atoms with Crippen molar-refractivity contribution >= 4 is 28.1 Å². The van der Waals surface area contributed by atoms with Crippen molar-refractivity contribution in [3.05, 3.63) is 51.7 Å². The van der Waals surface area contributed by atoms with Gasteiger partial charge in [0.1, 0.15) is 11.6 Å². The molecule has 0 atom stereocenters. The monoisotopic (exact) mass is 395 g/mol. The largest absolute Gasteiger partial charge is 0.337 e. The molecule has 0 fully saturated rings. The molecule has 1 aromatic heterocycles. The number of likely N-dealkylation sites (N-methyl/N-ethyl adjacent to an activating group) is 1. The highest BCUT2D eigenvalue weighted by Crippen LogP contribution is 2.29. The number of carbonyl (C=O) groups is 1. The summed E-state index contributed by atoms with van der Waals surface area (Å²) in [7, 11) is 2.09. The van der Waals surface area contributed by atoms with E-state index < -0.39 is 5.91 Å². The molecule has 0 radical (unpaired) electrons. The summed E-state index contributed by atoms with van der Waals surface area (Å²) in [5, 5.41) is 16.1. The zero-order valence-corrected chi connectivity index (χ0v) is 17.5. The first-order valence-electron chi connectivity index (χ1n) is 9.33. The van der Waals surface area contributed by atoms with Crippen molar-refractivity contribution in [2.45, 2.75) is 39.7 Å². The summed E-state index contributed by atoms with van der Waals surface area (Å²) in [5.41, 5.74) is 3.92. The maximum absolute atomic E-state index is 12.7. The SMILES string of the molecule is Cc1cccc(C(C)C)c1NC(=O)/C(C#N)=C\Nc1nc2c(s1)CN(C)CC2. The fourth-order valence-corrected chi connectivity index (χ4v) is 4.25. The second kappa shape index (κ2) is 8.55. The molecular weight excluding hydrogens is 370 g/mol. The zero-order chi connectivity index (χ0) is 20.3. The Kier molecular flexibility index (Phi) is 6.12. The van der Waals surface area contributed by atoms with Crippen LogP contribution in [0, 0.1) is 18.3 Å². The Morgan fingerprint density at radius 3 is 2.93 bits per heavy atom. The van der Waals surface area contributed by atoms with Crippen LogP contribution in [0.15, 0.2) is 30.0 Å². The maximum Gasteiger partial charge on any atom is 0.267 e. The minimum absolute atomic E-state index is 0.0169. The summed E-state index contributed by atoms with van der Waals surface area (Å²) >= 11 is 1.57. The number of nitriles is 1. The number of rotatable bonds is 5. The van der Waals surface area contributed by atoms with Crippen LogP contribution in [0.2, 0.25) is 0 Å². The Hall–Kier alpha value is -2.69. The van der Waals surface area contributed by atoms with Crippen LogP contribution in [0.25, 0.3) is 0 Å². The van der Waals surface area contributed by atoms with Crippen molar-refractivity contribution in [1.29, 1.82) is 5.26 Å². The molecule has 0 aliphatic carbocycles. The molecule has 1 aromatic carbocycles. The molecule has 2 N–H and O–H groups in total. The van der Waals surface area contributed by atoms with Crippen molar-refractivity contribution in [1.82, 2.24) is 9.88 Å². The van der Waals surface area contributed by atoms with E-state index in [0.29, 0.717) is 5.13 Å². The number of hydrogen-bond donors (Lipinski definition) is 2. The lowest BCUT2D eigenvalue weighted by Gasteiger charge is -2.20. The number of nitrogens with zero attached hydrogens (tertiary/aromatic N) is 3. The van der Waals surface area contributed by atoms with E-state index in [2.05, 4.69) is 41.4 Å². The second-order valence-electron chi connectivity index (χ2n) is 7.34. The van der Waals surface area contributed by atoms with Gasteiger partial charge in [0, 0.05) is 36.3 Å². The third-order valence-electron chi connectivity index (χ3n) is 4.79. The lowest BCUT2D eigenvalue weighted by atomic mass is 9.98. The Balaban J connectivity index is 1.75. The molecule has 0 spiro atoms. The van der Waals surface area contributed by atoms with Crippen LogP contribution >= 0.6 is 11.3 Å². The number of benzene rings is 1. The topological polar surface area (TPSA) is 81.0 Å². The molecule has 2 heterocycles. The van der Waals surface area contributed by atoms with Gasteiger partial charge in [-0.05, 0) is 31.0 Å². The Labute approximate surface area is 169 Å². The molecule has 3 rings (SSSR count). The van der Waals surface area contributed by atoms with Gasteiger partial charge in [-0.15, -0.1) is 11.3 Å². The van der Waals surface area contributed by atoms with Crippen LogP contribution in [-0.4, -0.2) is 29.4 Å². The number of anilines is 2. The molecule has 0 unspecified atom stereocenters. The quantitative estimate of drug-likeness (QED) is 0.590. The second-order valence-corrected chi connectivity index (χ2v) is 8.42. The highest BCUT2D eigenvalue weighted by molar-refractivity contribution is 7.15. The fraction of sp³-hybridized carbons (Fsp3) is 0.381. The first kappa shape index (κ1) is 20.1. The van der Waals surface area contributed by atoms with Crippen LogP contribution in [0.3, 0.4) is 0 Å². The van der Waals surface area contributed by atoms with Crippen LogP contribution in [-0.2, 0) is 17.8 Å². The summed E-state index contributed by atoms with van der Waals surface area (Å²) < 4.78 is 0. The fourth-order valence-electron chi connectivity index (χ4n) is 3.19. The Morgan fingerprint density at radius 2 is 2.21 bits per heavy atom. The average Bonchev–Trinajstić information content (AvgIpc) is 3.05. The van der Waals surface area contributed by atoms with Crippen molar-refractivity contribution in [3.63, 3.8) is 0 Å². The van der Waals surface area contributed by atoms with Gasteiger partial charge in [-0.3, -0.25) is 4.79 Å². The molecule has 0 saturated heterocycles. The molecule has 0 saturated carbocycles. The molecule has 0 bridgehead atoms. The number of aromatic nitrogens is 1. The number of fused-ring (bicyclic) bond motifs is 1. The molecule has 28 heavy (non-hydrogen) atoms. The van der Waals surface area contributed by atoms with Crippen LogP contribution < -0.4 is 10.6 Å². The van der Waals surface area contributed by atoms with Gasteiger partial charge in [0.25, 0.3) is 5.91 Å². The third kappa shape index (κ3) is 4.41. The first-order chi connectivity index (χ1) is 13.4. The average molecular weight is 396 g/mol. The molecule has 2 aromatic rings. The van der Waals surface area contributed by atoms with Gasteiger partial charge in [-0.2, -0.15) is 5.26 Å². The van der Waals surface area contributed by atoms with Crippen LogP contribution in [0.1, 0.15) is 41.5 Å². The van der Waals surface area contributed by atoms with Crippen molar-refractivity contribution in [2.24, 2.45) is 0 Å². The number of hydrogen-bond acceptors (Lipinski definition) is 6. The summed E-state index contributed by atoms with van der Waals surface area (Å²) in [5.74, 6) is -0.158. The summed E-state index contributed by atoms with van der Waals surface area (Å²) in [4.78, 5) is 20.7. The smallest absolute Gasteiger partial charge is 0.267 e. The lowest BCUT2D eigenvalue weighted by Crippen LogP contribution is -2.25. The van der Waals surface area contributed by atoms with Crippen molar-refractivity contribution in [2.75, 3.05) is 24.2 Å². The van der Waals surface area contributed by atoms with E-state index in [4.69, 9.17) is 0 Å². The summed E-state index contributed by atoms with van der Waals surface area (Å²) in [6.07, 6.45) is 2.36. The Morgan fingerprint density at radius 1 is 1.43 bits per heavy atom. The van der Waals surface area contributed by atoms with E-state index in [0.717, 1.165) is 42.0 Å². The third-order valence-corrected chi connectivity index (χ3v) is 5.81. The van der Waals surface area contributed by atoms with Crippen molar-refractivity contribution < 1.29 is 4.79 Å². The normalized spacial score (nSPS) is 14.5. The first-order valence-corrected chi connectivity index (χ1v) is 10.2. The summed E-state index contributed by atoms with van der Waals surface area (Å²) in [6.45, 7) is 7.98. The maximum atomic E-state index is 12.7. The van der Waals surface area contributed by atoms with Crippen LogP contribution in [0.4, 0.5) is 10.8 Å². The predicted octanol–water partition coefficient (Wildman–Crippen LogP) is 4.02. The predicted molar refractivity (Wildman–Crippen MR) is 113 cm³/mol. The number of carbonyl (C=O) groups excluding carboxylic acids is 1. The van der Waals surface area contributed by atoms with E-state index in [1.54, 1.807) is 11.3 Å². The highest BCUT2D eigenvalue weighted by Gasteiger charge is 2.19. The van der Waals surface area contributed by atoms with Crippen molar-refractivity contribution in [3.8, 4) is 6.07 Å². The van der Waals surface area contributed by atoms with Gasteiger partial charge in [0.2, 0.25) is 0 Å². The molecule has 1 aliphatic heterocycles. The van der Waals surface area contributed by atoms with Gasteiger partial charge in [0.05, 0.1) is 5.69 Å². The van der Waals surface area contributed by atoms with E-state index in [9.17, 15) is 10.1 Å². The van der Waals surface area contributed by atoms with Gasteiger partial charge in [-0.25, -0.2) is 4.98 Å².